The molecule has 5 N–H and O–H groups in total. The van der Waals surface area contributed by atoms with E-state index in [0.29, 0.717) is 0 Å². The van der Waals surface area contributed by atoms with Crippen molar-refractivity contribution in [2.75, 3.05) is 0 Å². The molecule has 0 bridgehead atoms. The molecule has 5 atom stereocenters. The van der Waals surface area contributed by atoms with Crippen LogP contribution in [0.2, 0.25) is 0 Å². The highest BCUT2D eigenvalue weighted by molar-refractivity contribution is 6.19. The van der Waals surface area contributed by atoms with Crippen molar-refractivity contribution in [2.45, 2.75) is 30.0 Å². The van der Waals surface area contributed by atoms with Gasteiger partial charge in [-0.25, -0.2) is 0 Å². The van der Waals surface area contributed by atoms with Crippen LogP contribution < -0.4 is 0 Å². The standard InChI is InChI=1S/C6H11ClO6/c7-6(13)5(12)4(11)3(10)2(9)1-8/h1-6,9-13H/t2-,3+,4-,5-,6?/m0/s1. The summed E-state index contributed by atoms with van der Waals surface area (Å²) in [7, 11) is 0. The van der Waals surface area contributed by atoms with Crippen molar-refractivity contribution in [3.05, 3.63) is 0 Å². The van der Waals surface area contributed by atoms with Crippen LogP contribution in [-0.4, -0.2) is 61.8 Å². The van der Waals surface area contributed by atoms with Gasteiger partial charge in [0, 0.05) is 0 Å². The molecule has 1 unspecified atom stereocenters. The maximum Gasteiger partial charge on any atom is 0.156 e. The van der Waals surface area contributed by atoms with Crippen molar-refractivity contribution < 1.29 is 30.3 Å². The number of aliphatic hydroxyl groups is 5. The van der Waals surface area contributed by atoms with Crippen molar-refractivity contribution in [1.29, 1.82) is 0 Å². The molecule has 0 aromatic carbocycles. The molecule has 0 heterocycles. The lowest BCUT2D eigenvalue weighted by Gasteiger charge is -2.24. The number of hydrogen-bond acceptors (Lipinski definition) is 6. The van der Waals surface area contributed by atoms with Gasteiger partial charge in [0.2, 0.25) is 0 Å². The second-order valence-corrected chi connectivity index (χ2v) is 2.92. The van der Waals surface area contributed by atoms with Crippen LogP contribution in [0.4, 0.5) is 0 Å². The first kappa shape index (κ1) is 12.8. The zero-order valence-electron chi connectivity index (χ0n) is 6.49. The van der Waals surface area contributed by atoms with E-state index in [1.165, 1.54) is 0 Å². The Kier molecular flexibility index (Phi) is 5.38. The number of alkyl halides is 1. The summed E-state index contributed by atoms with van der Waals surface area (Å²) in [5.74, 6) is 0. The predicted molar refractivity (Wildman–Crippen MR) is 42.0 cm³/mol. The third-order valence-electron chi connectivity index (χ3n) is 1.47. The maximum absolute atomic E-state index is 9.94. The van der Waals surface area contributed by atoms with Gasteiger partial charge in [-0.1, -0.05) is 11.6 Å². The second-order valence-electron chi connectivity index (χ2n) is 2.47. The number of aliphatic hydroxyl groups excluding tert-OH is 5. The van der Waals surface area contributed by atoms with Crippen LogP contribution >= 0.6 is 11.6 Å². The summed E-state index contributed by atoms with van der Waals surface area (Å²) in [6.07, 6.45) is -7.47. The SMILES string of the molecule is O=C[C@H](O)[C@@H](O)[C@H](O)[C@H](O)C(O)Cl. The lowest BCUT2D eigenvalue weighted by atomic mass is 10.0. The van der Waals surface area contributed by atoms with Gasteiger partial charge in [-0.15, -0.1) is 0 Å². The molecule has 6 nitrogen and oxygen atoms in total. The lowest BCUT2D eigenvalue weighted by molar-refractivity contribution is -0.138. The molecular formula is C6H11ClO6. The van der Waals surface area contributed by atoms with Crippen LogP contribution in [0.5, 0.6) is 0 Å². The summed E-state index contributed by atoms with van der Waals surface area (Å²) in [6, 6.07) is 0. The minimum Gasteiger partial charge on any atom is -0.387 e. The average molecular weight is 215 g/mol. The maximum atomic E-state index is 9.94. The van der Waals surface area contributed by atoms with Gasteiger partial charge in [-0.05, 0) is 0 Å². The van der Waals surface area contributed by atoms with Crippen LogP contribution in [0.1, 0.15) is 0 Å². The van der Waals surface area contributed by atoms with Crippen LogP contribution in [0.15, 0.2) is 0 Å². The normalized spacial score (nSPS) is 22.9. The van der Waals surface area contributed by atoms with Crippen molar-refractivity contribution in [2.24, 2.45) is 0 Å². The lowest BCUT2D eigenvalue weighted by Crippen LogP contribution is -2.48. The van der Waals surface area contributed by atoms with E-state index in [4.69, 9.17) is 37.1 Å². The van der Waals surface area contributed by atoms with E-state index in [1.54, 1.807) is 0 Å². The molecule has 0 rings (SSSR count). The quantitative estimate of drug-likeness (QED) is 0.249. The Balaban J connectivity index is 4.23. The molecule has 0 radical (unpaired) electrons. The number of carbonyl (C=O) groups excluding carboxylic acids is 1. The Morgan fingerprint density at radius 1 is 0.923 bits per heavy atom. The Morgan fingerprint density at radius 3 is 1.69 bits per heavy atom. The van der Waals surface area contributed by atoms with E-state index in [2.05, 4.69) is 0 Å². The van der Waals surface area contributed by atoms with Crippen LogP contribution in [0.3, 0.4) is 0 Å². The first-order valence-electron chi connectivity index (χ1n) is 3.41. The summed E-state index contributed by atoms with van der Waals surface area (Å²) in [6.45, 7) is 0. The third kappa shape index (κ3) is 3.55. The number of rotatable bonds is 5. The minimum absolute atomic E-state index is 0.0127. The summed E-state index contributed by atoms with van der Waals surface area (Å²) in [5, 5.41) is 44.1. The highest BCUT2D eigenvalue weighted by Crippen LogP contribution is 2.09. The molecule has 0 spiro atoms. The van der Waals surface area contributed by atoms with Gasteiger partial charge < -0.3 is 30.3 Å². The molecule has 0 amide bonds. The number of halogens is 1. The molecule has 0 aromatic heterocycles. The number of carbonyl (C=O) groups is 1. The molecule has 0 aliphatic heterocycles. The van der Waals surface area contributed by atoms with Crippen LogP contribution in [0.25, 0.3) is 0 Å². The summed E-state index contributed by atoms with van der Waals surface area (Å²) in [5.41, 5.74) is -1.79. The topological polar surface area (TPSA) is 118 Å². The Labute approximate surface area is 79.0 Å². The zero-order chi connectivity index (χ0) is 10.6. The van der Waals surface area contributed by atoms with Gasteiger partial charge in [0.25, 0.3) is 0 Å². The van der Waals surface area contributed by atoms with E-state index in [1.807, 2.05) is 0 Å². The van der Waals surface area contributed by atoms with Crippen molar-refractivity contribution in [3.63, 3.8) is 0 Å². The van der Waals surface area contributed by atoms with Crippen LogP contribution in [-0.2, 0) is 4.79 Å². The Bertz CT molecular complexity index is 163. The van der Waals surface area contributed by atoms with Gasteiger partial charge in [0.15, 0.2) is 11.8 Å². The largest absolute Gasteiger partial charge is 0.387 e. The molecule has 0 aliphatic carbocycles. The second kappa shape index (κ2) is 5.48. The monoisotopic (exact) mass is 214 g/mol. The van der Waals surface area contributed by atoms with Gasteiger partial charge in [0.05, 0.1) is 0 Å². The smallest absolute Gasteiger partial charge is 0.156 e. The Hall–Kier alpha value is -0.240. The summed E-state index contributed by atoms with van der Waals surface area (Å²) in [4.78, 5) is 9.94. The summed E-state index contributed by atoms with van der Waals surface area (Å²) < 4.78 is 0. The van der Waals surface area contributed by atoms with E-state index < -0.39 is 30.0 Å². The van der Waals surface area contributed by atoms with E-state index >= 15 is 0 Å². The molecule has 78 valence electrons. The number of aldehydes is 1. The van der Waals surface area contributed by atoms with Crippen molar-refractivity contribution in [1.82, 2.24) is 0 Å². The Morgan fingerprint density at radius 2 is 1.38 bits per heavy atom. The molecule has 0 aromatic rings. The molecule has 0 saturated heterocycles. The minimum atomic E-state index is -1.90. The van der Waals surface area contributed by atoms with Gasteiger partial charge in [-0.2, -0.15) is 0 Å². The highest BCUT2D eigenvalue weighted by atomic mass is 35.5. The first-order valence-corrected chi connectivity index (χ1v) is 3.85. The molecular weight excluding hydrogens is 204 g/mol. The van der Waals surface area contributed by atoms with E-state index in [9.17, 15) is 4.79 Å². The molecule has 0 fully saturated rings. The van der Waals surface area contributed by atoms with E-state index in [0.717, 1.165) is 0 Å². The molecule has 0 saturated carbocycles. The average Bonchev–Trinajstić information content (AvgIpc) is 2.12. The first-order chi connectivity index (χ1) is 5.91. The third-order valence-corrected chi connectivity index (χ3v) is 1.73. The predicted octanol–water partition coefficient (Wildman–Crippen LogP) is -2.81. The fourth-order valence-electron chi connectivity index (χ4n) is 0.647. The van der Waals surface area contributed by atoms with Gasteiger partial charge in [-0.3, -0.25) is 0 Å². The zero-order valence-corrected chi connectivity index (χ0v) is 7.24. The highest BCUT2D eigenvalue weighted by Gasteiger charge is 2.33. The summed E-state index contributed by atoms with van der Waals surface area (Å²) >= 11 is 4.98. The van der Waals surface area contributed by atoms with Crippen LogP contribution in [0, 0.1) is 0 Å². The number of hydrogen-bond donors (Lipinski definition) is 5. The molecule has 0 aliphatic rings. The van der Waals surface area contributed by atoms with Gasteiger partial charge in [0.1, 0.15) is 24.4 Å². The van der Waals surface area contributed by atoms with Gasteiger partial charge >= 0.3 is 0 Å². The molecule has 7 heteroatoms. The van der Waals surface area contributed by atoms with E-state index in [-0.39, 0.29) is 6.29 Å². The van der Waals surface area contributed by atoms with Crippen molar-refractivity contribution >= 4 is 17.9 Å². The molecule has 13 heavy (non-hydrogen) atoms. The fourth-order valence-corrected chi connectivity index (χ4v) is 0.796. The fraction of sp³-hybridized carbons (Fsp3) is 0.833. The van der Waals surface area contributed by atoms with Crippen molar-refractivity contribution in [3.8, 4) is 0 Å².